The fourth-order valence-corrected chi connectivity index (χ4v) is 1.87. The number of nitrogens with two attached hydrogens (primary N) is 1. The van der Waals surface area contributed by atoms with Gasteiger partial charge in [0.15, 0.2) is 0 Å². The van der Waals surface area contributed by atoms with Crippen LogP contribution >= 0.6 is 0 Å². The minimum Gasteiger partial charge on any atom is -0.356 e. The molecule has 3 N–H and O–H groups in total. The van der Waals surface area contributed by atoms with E-state index in [-0.39, 0.29) is 17.9 Å². The molecule has 0 radical (unpaired) electrons. The first-order valence-corrected chi connectivity index (χ1v) is 7.04. The molecule has 0 heterocycles. The number of hydrogen-bond donors (Lipinski definition) is 2. The van der Waals surface area contributed by atoms with Crippen molar-refractivity contribution >= 4 is 5.91 Å². The Labute approximate surface area is 107 Å². The monoisotopic (exact) mass is 242 g/mol. The highest BCUT2D eigenvalue weighted by Gasteiger charge is 2.13. The van der Waals surface area contributed by atoms with Gasteiger partial charge in [0.1, 0.15) is 0 Å². The van der Waals surface area contributed by atoms with Crippen molar-refractivity contribution in [3.8, 4) is 0 Å². The summed E-state index contributed by atoms with van der Waals surface area (Å²) in [5, 5.41) is 3.05. The van der Waals surface area contributed by atoms with Gasteiger partial charge in [-0.05, 0) is 25.7 Å². The first kappa shape index (κ1) is 16.4. The van der Waals surface area contributed by atoms with E-state index >= 15 is 0 Å². The van der Waals surface area contributed by atoms with E-state index in [2.05, 4.69) is 19.2 Å². The summed E-state index contributed by atoms with van der Waals surface area (Å²) in [5.74, 6) is 0.930. The Bertz CT molecular complexity index is 200. The lowest BCUT2D eigenvalue weighted by atomic mass is 10.00. The van der Waals surface area contributed by atoms with Gasteiger partial charge in [-0.15, -0.1) is 0 Å². The van der Waals surface area contributed by atoms with E-state index in [1.165, 1.54) is 0 Å². The Morgan fingerprint density at radius 1 is 1.18 bits per heavy atom. The van der Waals surface area contributed by atoms with Crippen LogP contribution in [0.1, 0.15) is 59.8 Å². The van der Waals surface area contributed by atoms with Crippen molar-refractivity contribution in [2.75, 3.05) is 6.54 Å². The highest BCUT2D eigenvalue weighted by atomic mass is 16.1. The summed E-state index contributed by atoms with van der Waals surface area (Å²) in [6.07, 6.45) is 5.25. The van der Waals surface area contributed by atoms with Gasteiger partial charge < -0.3 is 11.1 Å². The fraction of sp³-hybridized carbons (Fsp3) is 0.929. The van der Waals surface area contributed by atoms with E-state index in [0.717, 1.165) is 38.6 Å². The van der Waals surface area contributed by atoms with E-state index in [1.807, 2.05) is 13.8 Å². The number of carbonyl (C=O) groups excluding carboxylic acids is 1. The molecular formula is C14H30N2O. The molecule has 0 saturated carbocycles. The zero-order valence-corrected chi connectivity index (χ0v) is 12.0. The van der Waals surface area contributed by atoms with Crippen molar-refractivity contribution < 1.29 is 4.79 Å². The average molecular weight is 242 g/mol. The van der Waals surface area contributed by atoms with Crippen molar-refractivity contribution in [1.82, 2.24) is 5.32 Å². The van der Waals surface area contributed by atoms with Crippen molar-refractivity contribution in [3.05, 3.63) is 0 Å². The molecule has 3 nitrogen and oxygen atoms in total. The third-order valence-electron chi connectivity index (χ3n) is 3.46. The average Bonchev–Trinajstić information content (AvgIpc) is 2.29. The molecule has 3 heteroatoms. The molecule has 0 aromatic carbocycles. The second-order valence-electron chi connectivity index (χ2n) is 5.24. The van der Waals surface area contributed by atoms with Gasteiger partial charge in [-0.3, -0.25) is 4.79 Å². The second-order valence-corrected chi connectivity index (χ2v) is 5.24. The van der Waals surface area contributed by atoms with E-state index in [0.29, 0.717) is 5.92 Å². The highest BCUT2D eigenvalue weighted by molar-refractivity contribution is 5.78. The predicted octanol–water partition coefficient (Wildman–Crippen LogP) is 2.69. The van der Waals surface area contributed by atoms with Crippen molar-refractivity contribution in [2.24, 2.45) is 17.6 Å². The second kappa shape index (κ2) is 9.46. The maximum atomic E-state index is 11.8. The Kier molecular flexibility index (Phi) is 9.14. The largest absolute Gasteiger partial charge is 0.356 e. The maximum absolute atomic E-state index is 11.8. The standard InChI is InChI=1S/C14H30N2O/c1-5-13(6-2)10-16-14(17)11(3)8-7-9-12(4)15/h11-13H,5-10,15H2,1-4H3,(H,16,17). The van der Waals surface area contributed by atoms with Gasteiger partial charge in [-0.25, -0.2) is 0 Å². The SMILES string of the molecule is CCC(CC)CNC(=O)C(C)CCCC(C)N. The maximum Gasteiger partial charge on any atom is 0.222 e. The van der Waals surface area contributed by atoms with Crippen LogP contribution < -0.4 is 11.1 Å². The summed E-state index contributed by atoms with van der Waals surface area (Å²) in [4.78, 5) is 11.8. The molecule has 0 bridgehead atoms. The molecule has 0 spiro atoms. The molecular weight excluding hydrogens is 212 g/mol. The quantitative estimate of drug-likeness (QED) is 0.653. The first-order valence-electron chi connectivity index (χ1n) is 7.04. The lowest BCUT2D eigenvalue weighted by Gasteiger charge is -2.16. The highest BCUT2D eigenvalue weighted by Crippen LogP contribution is 2.10. The van der Waals surface area contributed by atoms with Crippen molar-refractivity contribution in [1.29, 1.82) is 0 Å². The lowest BCUT2D eigenvalue weighted by Crippen LogP contribution is -2.33. The van der Waals surface area contributed by atoms with Crippen LogP contribution in [0.2, 0.25) is 0 Å². The van der Waals surface area contributed by atoms with Crippen molar-refractivity contribution in [2.45, 2.75) is 65.8 Å². The van der Waals surface area contributed by atoms with Gasteiger partial charge in [0, 0.05) is 18.5 Å². The molecule has 1 amide bonds. The summed E-state index contributed by atoms with van der Waals surface area (Å²) < 4.78 is 0. The predicted molar refractivity (Wildman–Crippen MR) is 73.7 cm³/mol. The molecule has 0 aromatic rings. The molecule has 2 atom stereocenters. The molecule has 0 aliphatic heterocycles. The summed E-state index contributed by atoms with van der Waals surface area (Å²) in [5.41, 5.74) is 5.69. The topological polar surface area (TPSA) is 55.1 Å². The van der Waals surface area contributed by atoms with Crippen LogP contribution in [0, 0.1) is 11.8 Å². The van der Waals surface area contributed by atoms with E-state index < -0.39 is 0 Å². The number of amides is 1. The zero-order chi connectivity index (χ0) is 13.3. The minimum atomic E-state index is 0.114. The Morgan fingerprint density at radius 2 is 1.76 bits per heavy atom. The van der Waals surface area contributed by atoms with Gasteiger partial charge in [-0.2, -0.15) is 0 Å². The summed E-state index contributed by atoms with van der Waals surface area (Å²) >= 11 is 0. The Morgan fingerprint density at radius 3 is 2.24 bits per heavy atom. The van der Waals surface area contributed by atoms with E-state index in [4.69, 9.17) is 5.73 Å². The van der Waals surface area contributed by atoms with Crippen LogP contribution in [0.3, 0.4) is 0 Å². The fourth-order valence-electron chi connectivity index (χ4n) is 1.87. The summed E-state index contributed by atoms with van der Waals surface area (Å²) in [7, 11) is 0. The van der Waals surface area contributed by atoms with Crippen LogP contribution in [-0.2, 0) is 4.79 Å². The van der Waals surface area contributed by atoms with Crippen LogP contribution in [0.5, 0.6) is 0 Å². The summed E-state index contributed by atoms with van der Waals surface area (Å²) in [6, 6.07) is 0.245. The number of carbonyl (C=O) groups is 1. The summed E-state index contributed by atoms with van der Waals surface area (Å²) in [6.45, 7) is 9.18. The molecule has 0 aromatic heterocycles. The number of rotatable bonds is 9. The smallest absolute Gasteiger partial charge is 0.222 e. The van der Waals surface area contributed by atoms with Gasteiger partial charge in [-0.1, -0.05) is 40.0 Å². The number of hydrogen-bond acceptors (Lipinski definition) is 2. The molecule has 0 rings (SSSR count). The van der Waals surface area contributed by atoms with Crippen LogP contribution in [-0.4, -0.2) is 18.5 Å². The van der Waals surface area contributed by atoms with Gasteiger partial charge >= 0.3 is 0 Å². The third kappa shape index (κ3) is 8.19. The minimum absolute atomic E-state index is 0.114. The van der Waals surface area contributed by atoms with Crippen LogP contribution in [0.25, 0.3) is 0 Å². The van der Waals surface area contributed by atoms with Crippen molar-refractivity contribution in [3.63, 3.8) is 0 Å². The first-order chi connectivity index (χ1) is 8.01. The zero-order valence-electron chi connectivity index (χ0n) is 12.0. The molecule has 2 unspecified atom stereocenters. The van der Waals surface area contributed by atoms with Gasteiger partial charge in [0.05, 0.1) is 0 Å². The molecule has 0 saturated heterocycles. The number of nitrogens with one attached hydrogen (secondary N) is 1. The van der Waals surface area contributed by atoms with Crippen LogP contribution in [0.4, 0.5) is 0 Å². The normalized spacial score (nSPS) is 14.7. The Hall–Kier alpha value is -0.570. The third-order valence-corrected chi connectivity index (χ3v) is 3.46. The van der Waals surface area contributed by atoms with Gasteiger partial charge in [0.2, 0.25) is 5.91 Å². The molecule has 0 aliphatic carbocycles. The molecule has 102 valence electrons. The molecule has 17 heavy (non-hydrogen) atoms. The lowest BCUT2D eigenvalue weighted by molar-refractivity contribution is -0.124. The molecule has 0 aliphatic rings. The van der Waals surface area contributed by atoms with E-state index in [9.17, 15) is 4.79 Å². The Balaban J connectivity index is 3.74. The van der Waals surface area contributed by atoms with E-state index in [1.54, 1.807) is 0 Å². The van der Waals surface area contributed by atoms with Gasteiger partial charge in [0.25, 0.3) is 0 Å². The molecule has 0 fully saturated rings. The van der Waals surface area contributed by atoms with Crippen LogP contribution in [0.15, 0.2) is 0 Å².